The quantitative estimate of drug-likeness (QED) is 0.736. The SMILES string of the molecule is CNC[C@@H](c1ccc(Cl)c(Cl)c1)[C@@H](O)c1cccc(N)c1. The molecule has 3 nitrogen and oxygen atoms in total. The average Bonchev–Trinajstić information content (AvgIpc) is 2.47. The molecule has 0 saturated heterocycles. The van der Waals surface area contributed by atoms with E-state index in [1.165, 1.54) is 0 Å². The van der Waals surface area contributed by atoms with E-state index in [1.807, 2.05) is 25.2 Å². The molecular formula is C16H18Cl2N2O. The van der Waals surface area contributed by atoms with Gasteiger partial charge in [-0.3, -0.25) is 0 Å². The lowest BCUT2D eigenvalue weighted by Gasteiger charge is -2.24. The van der Waals surface area contributed by atoms with Gasteiger partial charge in [-0.1, -0.05) is 41.4 Å². The Balaban J connectivity index is 2.35. The number of aliphatic hydroxyl groups is 1. The summed E-state index contributed by atoms with van der Waals surface area (Å²) >= 11 is 12.0. The molecule has 21 heavy (non-hydrogen) atoms. The molecule has 5 heteroatoms. The molecule has 2 atom stereocenters. The molecule has 0 radical (unpaired) electrons. The lowest BCUT2D eigenvalue weighted by atomic mass is 9.89. The minimum atomic E-state index is -0.682. The monoisotopic (exact) mass is 324 g/mol. The van der Waals surface area contributed by atoms with Crippen molar-refractivity contribution in [1.29, 1.82) is 0 Å². The third-order valence-corrected chi connectivity index (χ3v) is 4.17. The van der Waals surface area contributed by atoms with E-state index < -0.39 is 6.10 Å². The van der Waals surface area contributed by atoms with E-state index in [9.17, 15) is 5.11 Å². The Morgan fingerprint density at radius 1 is 1.10 bits per heavy atom. The summed E-state index contributed by atoms with van der Waals surface area (Å²) in [4.78, 5) is 0. The first-order chi connectivity index (χ1) is 10.0. The summed E-state index contributed by atoms with van der Waals surface area (Å²) in [5.74, 6) is -0.147. The molecule has 112 valence electrons. The third-order valence-electron chi connectivity index (χ3n) is 3.43. The molecule has 0 spiro atoms. The number of likely N-dealkylation sites (N-methyl/N-ethyl adjacent to an activating group) is 1. The highest BCUT2D eigenvalue weighted by Crippen LogP contribution is 2.34. The van der Waals surface area contributed by atoms with E-state index in [0.29, 0.717) is 22.3 Å². The lowest BCUT2D eigenvalue weighted by Crippen LogP contribution is -2.23. The molecule has 0 amide bonds. The van der Waals surface area contributed by atoms with Crippen LogP contribution in [0, 0.1) is 0 Å². The van der Waals surface area contributed by atoms with Crippen molar-refractivity contribution in [2.75, 3.05) is 19.3 Å². The maximum atomic E-state index is 10.7. The second-order valence-electron chi connectivity index (χ2n) is 4.95. The predicted molar refractivity (Wildman–Crippen MR) is 88.9 cm³/mol. The lowest BCUT2D eigenvalue weighted by molar-refractivity contribution is 0.144. The molecule has 0 aliphatic carbocycles. The Hall–Kier alpha value is -1.26. The molecule has 0 fully saturated rings. The van der Waals surface area contributed by atoms with Crippen molar-refractivity contribution in [2.45, 2.75) is 12.0 Å². The molecule has 0 aliphatic rings. The molecule has 0 heterocycles. The van der Waals surface area contributed by atoms with Crippen molar-refractivity contribution in [2.24, 2.45) is 0 Å². The van der Waals surface area contributed by atoms with Gasteiger partial charge in [0, 0.05) is 18.2 Å². The largest absolute Gasteiger partial charge is 0.399 e. The molecule has 2 rings (SSSR count). The Morgan fingerprint density at radius 3 is 2.48 bits per heavy atom. The number of hydrogen-bond donors (Lipinski definition) is 3. The zero-order valence-electron chi connectivity index (χ0n) is 11.7. The number of aliphatic hydroxyl groups excluding tert-OH is 1. The van der Waals surface area contributed by atoms with Crippen molar-refractivity contribution in [3.05, 3.63) is 63.6 Å². The van der Waals surface area contributed by atoms with Crippen LogP contribution in [-0.2, 0) is 0 Å². The van der Waals surface area contributed by atoms with Crippen LogP contribution in [0.25, 0.3) is 0 Å². The molecule has 0 unspecified atom stereocenters. The first-order valence-electron chi connectivity index (χ1n) is 6.66. The molecule has 4 N–H and O–H groups in total. The second kappa shape index (κ2) is 7.14. The summed E-state index contributed by atoms with van der Waals surface area (Å²) < 4.78 is 0. The van der Waals surface area contributed by atoms with Crippen LogP contribution in [0.5, 0.6) is 0 Å². The van der Waals surface area contributed by atoms with Crippen LogP contribution < -0.4 is 11.1 Å². The van der Waals surface area contributed by atoms with E-state index in [2.05, 4.69) is 5.32 Å². The highest BCUT2D eigenvalue weighted by atomic mass is 35.5. The second-order valence-corrected chi connectivity index (χ2v) is 5.77. The van der Waals surface area contributed by atoms with Crippen molar-refractivity contribution < 1.29 is 5.11 Å². The van der Waals surface area contributed by atoms with Gasteiger partial charge in [0.15, 0.2) is 0 Å². The van der Waals surface area contributed by atoms with Gasteiger partial charge in [0.2, 0.25) is 0 Å². The molecule has 0 aliphatic heterocycles. The number of nitrogens with two attached hydrogens (primary N) is 1. The summed E-state index contributed by atoms with van der Waals surface area (Å²) in [6.45, 7) is 0.605. The Kier molecular flexibility index (Phi) is 5.48. The van der Waals surface area contributed by atoms with Gasteiger partial charge in [0.25, 0.3) is 0 Å². The first kappa shape index (κ1) is 16.1. The fraction of sp³-hybridized carbons (Fsp3) is 0.250. The Bertz CT molecular complexity index is 619. The summed E-state index contributed by atoms with van der Waals surface area (Å²) in [6.07, 6.45) is -0.682. The fourth-order valence-corrected chi connectivity index (χ4v) is 2.66. The summed E-state index contributed by atoms with van der Waals surface area (Å²) in [7, 11) is 1.84. The van der Waals surface area contributed by atoms with Crippen LogP contribution in [-0.4, -0.2) is 18.7 Å². The molecule has 0 saturated carbocycles. The number of benzene rings is 2. The molecule has 0 aromatic heterocycles. The van der Waals surface area contributed by atoms with Gasteiger partial charge in [0.1, 0.15) is 0 Å². The average molecular weight is 325 g/mol. The van der Waals surface area contributed by atoms with Crippen LogP contribution in [0.3, 0.4) is 0 Å². The van der Waals surface area contributed by atoms with E-state index in [4.69, 9.17) is 28.9 Å². The van der Waals surface area contributed by atoms with Crippen LogP contribution in [0.2, 0.25) is 10.0 Å². The molecule has 2 aromatic carbocycles. The normalized spacial score (nSPS) is 13.9. The number of nitrogen functional groups attached to an aromatic ring is 1. The molecule has 0 bridgehead atoms. The van der Waals surface area contributed by atoms with E-state index in [-0.39, 0.29) is 5.92 Å². The fourth-order valence-electron chi connectivity index (χ4n) is 2.35. The molecular weight excluding hydrogens is 307 g/mol. The van der Waals surface area contributed by atoms with Gasteiger partial charge < -0.3 is 16.2 Å². The van der Waals surface area contributed by atoms with Gasteiger partial charge in [-0.2, -0.15) is 0 Å². The maximum absolute atomic E-state index is 10.7. The predicted octanol–water partition coefficient (Wildman–Crippen LogP) is 3.61. The highest BCUT2D eigenvalue weighted by molar-refractivity contribution is 6.42. The number of halogens is 2. The Morgan fingerprint density at radius 2 is 1.86 bits per heavy atom. The number of nitrogens with one attached hydrogen (secondary N) is 1. The van der Waals surface area contributed by atoms with Gasteiger partial charge in [-0.15, -0.1) is 0 Å². The zero-order chi connectivity index (χ0) is 15.4. The number of anilines is 1. The van der Waals surface area contributed by atoms with Crippen LogP contribution in [0.4, 0.5) is 5.69 Å². The van der Waals surface area contributed by atoms with Crippen molar-refractivity contribution in [3.8, 4) is 0 Å². The standard InChI is InChI=1S/C16H18Cl2N2O/c1-20-9-13(10-5-6-14(17)15(18)8-10)16(21)11-3-2-4-12(19)7-11/h2-8,13,16,20-21H,9,19H2,1H3/t13-,16-/m0/s1. The van der Waals surface area contributed by atoms with E-state index in [1.54, 1.807) is 24.3 Å². The van der Waals surface area contributed by atoms with E-state index >= 15 is 0 Å². The first-order valence-corrected chi connectivity index (χ1v) is 7.41. The Labute approximate surface area is 134 Å². The minimum Gasteiger partial charge on any atom is -0.399 e. The number of hydrogen-bond acceptors (Lipinski definition) is 3. The van der Waals surface area contributed by atoms with Crippen molar-refractivity contribution >= 4 is 28.9 Å². The van der Waals surface area contributed by atoms with E-state index in [0.717, 1.165) is 11.1 Å². The highest BCUT2D eigenvalue weighted by Gasteiger charge is 2.23. The number of rotatable bonds is 5. The van der Waals surface area contributed by atoms with Gasteiger partial charge >= 0.3 is 0 Å². The summed E-state index contributed by atoms with van der Waals surface area (Å²) in [6, 6.07) is 12.7. The summed E-state index contributed by atoms with van der Waals surface area (Å²) in [5, 5.41) is 14.8. The topological polar surface area (TPSA) is 58.3 Å². The molecule has 2 aromatic rings. The van der Waals surface area contributed by atoms with Crippen LogP contribution in [0.15, 0.2) is 42.5 Å². The van der Waals surface area contributed by atoms with Gasteiger partial charge in [-0.05, 0) is 42.4 Å². The summed E-state index contributed by atoms with van der Waals surface area (Å²) in [5.41, 5.74) is 8.12. The van der Waals surface area contributed by atoms with Crippen molar-refractivity contribution in [1.82, 2.24) is 5.32 Å². The van der Waals surface area contributed by atoms with Crippen LogP contribution in [0.1, 0.15) is 23.1 Å². The van der Waals surface area contributed by atoms with Gasteiger partial charge in [0.05, 0.1) is 16.1 Å². The maximum Gasteiger partial charge on any atom is 0.0871 e. The van der Waals surface area contributed by atoms with Gasteiger partial charge in [-0.25, -0.2) is 0 Å². The smallest absolute Gasteiger partial charge is 0.0871 e. The minimum absolute atomic E-state index is 0.147. The third kappa shape index (κ3) is 3.89. The van der Waals surface area contributed by atoms with Crippen LogP contribution >= 0.6 is 23.2 Å². The zero-order valence-corrected chi connectivity index (χ0v) is 13.2. The van der Waals surface area contributed by atoms with Crippen molar-refractivity contribution in [3.63, 3.8) is 0 Å².